The third kappa shape index (κ3) is 3.85. The first-order chi connectivity index (χ1) is 13.2. The van der Waals surface area contributed by atoms with E-state index in [1.807, 2.05) is 54.6 Å². The topological polar surface area (TPSA) is 58.2 Å². The van der Waals surface area contributed by atoms with Crippen LogP contribution in [-0.4, -0.2) is 18.4 Å². The van der Waals surface area contributed by atoms with Gasteiger partial charge in [0.25, 0.3) is 0 Å². The molecule has 0 saturated carbocycles. The molecule has 0 fully saturated rings. The average molecular weight is 358 g/mol. The normalized spacial score (nSPS) is 15.3. The molecule has 27 heavy (non-hydrogen) atoms. The first-order valence-corrected chi connectivity index (χ1v) is 9.31. The fourth-order valence-electron chi connectivity index (χ4n) is 3.81. The third-order valence-electron chi connectivity index (χ3n) is 5.15. The molecule has 0 heterocycles. The molecule has 3 aromatic rings. The predicted octanol–water partition coefficient (Wildman–Crippen LogP) is 3.30. The minimum absolute atomic E-state index is 0.00225. The lowest BCUT2D eigenvalue weighted by Gasteiger charge is -2.14. The van der Waals surface area contributed by atoms with Crippen LogP contribution in [-0.2, 0) is 22.4 Å². The number of carbonyl (C=O) groups is 2. The Hall–Kier alpha value is -3.14. The second-order valence-electron chi connectivity index (χ2n) is 6.95. The summed E-state index contributed by atoms with van der Waals surface area (Å²) in [5, 5.41) is 7.96. The zero-order valence-electron chi connectivity index (χ0n) is 15.1. The van der Waals surface area contributed by atoms with Crippen molar-refractivity contribution in [2.45, 2.75) is 25.3 Å². The highest BCUT2D eigenvalue weighted by atomic mass is 16.2. The Morgan fingerprint density at radius 2 is 1.67 bits per heavy atom. The molecular formula is C23H22N2O2. The maximum Gasteiger partial charge on any atom is 0.239 e. The Morgan fingerprint density at radius 3 is 2.59 bits per heavy atom. The minimum atomic E-state index is -0.150. The molecule has 4 nitrogen and oxygen atoms in total. The largest absolute Gasteiger partial charge is 0.348 e. The van der Waals surface area contributed by atoms with Crippen molar-refractivity contribution >= 4 is 22.6 Å². The molecule has 2 amide bonds. The van der Waals surface area contributed by atoms with Gasteiger partial charge in [-0.15, -0.1) is 0 Å². The summed E-state index contributed by atoms with van der Waals surface area (Å²) in [5.41, 5.74) is 3.45. The number of hydrogen-bond acceptors (Lipinski definition) is 2. The van der Waals surface area contributed by atoms with Crippen LogP contribution in [0.15, 0.2) is 66.7 Å². The fraction of sp³-hybridized carbons (Fsp3) is 0.217. The number of hydrogen-bond donors (Lipinski definition) is 2. The van der Waals surface area contributed by atoms with Gasteiger partial charge >= 0.3 is 0 Å². The van der Waals surface area contributed by atoms with E-state index in [4.69, 9.17) is 0 Å². The number of carbonyl (C=O) groups excluding carboxylic acids is 2. The Labute approximate surface area is 158 Å². The van der Waals surface area contributed by atoms with Gasteiger partial charge in [0.15, 0.2) is 0 Å². The Morgan fingerprint density at radius 1 is 0.889 bits per heavy atom. The number of rotatable bonds is 5. The molecular weight excluding hydrogens is 336 g/mol. The van der Waals surface area contributed by atoms with Crippen LogP contribution in [0.3, 0.4) is 0 Å². The van der Waals surface area contributed by atoms with Crippen molar-refractivity contribution in [3.8, 4) is 0 Å². The van der Waals surface area contributed by atoms with Crippen molar-refractivity contribution in [3.63, 3.8) is 0 Å². The van der Waals surface area contributed by atoms with Gasteiger partial charge in [-0.2, -0.15) is 0 Å². The molecule has 136 valence electrons. The third-order valence-corrected chi connectivity index (χ3v) is 5.15. The standard InChI is InChI=1S/C23H22N2O2/c26-22(14-18-9-5-8-16-6-1-3-10-19(16)18)24-15-23(27)25-21-13-12-17-7-2-4-11-20(17)21/h1-11,21H,12-15H2,(H,24,26)(H,25,27). The summed E-state index contributed by atoms with van der Waals surface area (Å²) in [6, 6.07) is 22.2. The van der Waals surface area contributed by atoms with Gasteiger partial charge in [0.1, 0.15) is 0 Å². The Balaban J connectivity index is 1.32. The van der Waals surface area contributed by atoms with Crippen LogP contribution in [0.1, 0.15) is 29.2 Å². The van der Waals surface area contributed by atoms with Gasteiger partial charge in [-0.1, -0.05) is 66.7 Å². The molecule has 0 bridgehead atoms. The average Bonchev–Trinajstić information content (AvgIpc) is 3.10. The number of nitrogens with one attached hydrogen (secondary N) is 2. The molecule has 0 saturated heterocycles. The SMILES string of the molecule is O=C(Cc1cccc2ccccc12)NCC(=O)NC1CCc2ccccc21. The van der Waals surface area contributed by atoms with E-state index >= 15 is 0 Å². The van der Waals surface area contributed by atoms with E-state index in [2.05, 4.69) is 22.8 Å². The molecule has 1 unspecified atom stereocenters. The molecule has 2 N–H and O–H groups in total. The summed E-state index contributed by atoms with van der Waals surface area (Å²) in [6.45, 7) is 0.00225. The highest BCUT2D eigenvalue weighted by Crippen LogP contribution is 2.30. The maximum absolute atomic E-state index is 12.3. The van der Waals surface area contributed by atoms with Gasteiger partial charge in [0, 0.05) is 0 Å². The molecule has 3 aromatic carbocycles. The van der Waals surface area contributed by atoms with Crippen molar-refractivity contribution in [1.82, 2.24) is 10.6 Å². The van der Waals surface area contributed by atoms with E-state index in [0.29, 0.717) is 0 Å². The van der Waals surface area contributed by atoms with E-state index in [1.54, 1.807) is 0 Å². The summed E-state index contributed by atoms with van der Waals surface area (Å²) < 4.78 is 0. The molecule has 0 aromatic heterocycles. The number of aryl methyl sites for hydroxylation is 1. The molecule has 4 heteroatoms. The van der Waals surface area contributed by atoms with Crippen molar-refractivity contribution < 1.29 is 9.59 Å². The predicted molar refractivity (Wildman–Crippen MR) is 106 cm³/mol. The van der Waals surface area contributed by atoms with E-state index in [-0.39, 0.29) is 30.8 Å². The van der Waals surface area contributed by atoms with Crippen molar-refractivity contribution in [1.29, 1.82) is 0 Å². The van der Waals surface area contributed by atoms with E-state index in [9.17, 15) is 9.59 Å². The highest BCUT2D eigenvalue weighted by molar-refractivity contribution is 5.91. The first kappa shape index (κ1) is 17.3. The zero-order valence-corrected chi connectivity index (χ0v) is 15.1. The minimum Gasteiger partial charge on any atom is -0.348 e. The van der Waals surface area contributed by atoms with Gasteiger partial charge in [-0.25, -0.2) is 0 Å². The van der Waals surface area contributed by atoms with Crippen LogP contribution < -0.4 is 10.6 Å². The smallest absolute Gasteiger partial charge is 0.239 e. The van der Waals surface area contributed by atoms with Crippen LogP contribution in [0.4, 0.5) is 0 Å². The lowest BCUT2D eigenvalue weighted by Crippen LogP contribution is -2.38. The number of amides is 2. The summed E-state index contributed by atoms with van der Waals surface area (Å²) in [4.78, 5) is 24.6. The van der Waals surface area contributed by atoms with Gasteiger partial charge in [0.2, 0.25) is 11.8 Å². The second kappa shape index (κ2) is 7.62. The van der Waals surface area contributed by atoms with Crippen molar-refractivity contribution in [2.24, 2.45) is 0 Å². The Kier molecular flexibility index (Phi) is 4.88. The van der Waals surface area contributed by atoms with E-state index in [1.165, 1.54) is 11.1 Å². The van der Waals surface area contributed by atoms with Gasteiger partial charge in [-0.05, 0) is 40.3 Å². The molecule has 1 aliphatic carbocycles. The summed E-state index contributed by atoms with van der Waals surface area (Å²) in [5.74, 6) is -0.295. The van der Waals surface area contributed by atoms with Crippen LogP contribution in [0.5, 0.6) is 0 Å². The second-order valence-corrected chi connectivity index (χ2v) is 6.95. The summed E-state index contributed by atoms with van der Waals surface area (Å²) >= 11 is 0. The van der Waals surface area contributed by atoms with Gasteiger partial charge < -0.3 is 10.6 Å². The van der Waals surface area contributed by atoms with Gasteiger partial charge in [-0.3, -0.25) is 9.59 Å². The lowest BCUT2D eigenvalue weighted by atomic mass is 10.0. The van der Waals surface area contributed by atoms with Crippen LogP contribution in [0.2, 0.25) is 0 Å². The monoisotopic (exact) mass is 358 g/mol. The maximum atomic E-state index is 12.3. The van der Waals surface area contributed by atoms with E-state index in [0.717, 1.165) is 29.2 Å². The van der Waals surface area contributed by atoms with Crippen LogP contribution in [0, 0.1) is 0 Å². The fourth-order valence-corrected chi connectivity index (χ4v) is 3.81. The number of benzene rings is 3. The molecule has 0 aliphatic heterocycles. The van der Waals surface area contributed by atoms with E-state index < -0.39 is 0 Å². The molecule has 0 spiro atoms. The molecule has 4 rings (SSSR count). The zero-order chi connectivity index (χ0) is 18.6. The Bertz CT molecular complexity index is 991. The van der Waals surface area contributed by atoms with Crippen molar-refractivity contribution in [3.05, 3.63) is 83.4 Å². The van der Waals surface area contributed by atoms with Gasteiger partial charge in [0.05, 0.1) is 19.0 Å². The number of fused-ring (bicyclic) bond motifs is 2. The highest BCUT2D eigenvalue weighted by Gasteiger charge is 2.23. The van der Waals surface area contributed by atoms with Crippen LogP contribution in [0.25, 0.3) is 10.8 Å². The first-order valence-electron chi connectivity index (χ1n) is 9.31. The van der Waals surface area contributed by atoms with Crippen molar-refractivity contribution in [2.75, 3.05) is 6.54 Å². The molecule has 1 aliphatic rings. The molecule has 1 atom stereocenters. The van der Waals surface area contributed by atoms with Crippen LogP contribution >= 0.6 is 0 Å². The molecule has 0 radical (unpaired) electrons. The summed E-state index contributed by atoms with van der Waals surface area (Å²) in [6.07, 6.45) is 2.16. The lowest BCUT2D eigenvalue weighted by molar-refractivity contribution is -0.126. The summed E-state index contributed by atoms with van der Waals surface area (Å²) in [7, 11) is 0. The quantitative estimate of drug-likeness (QED) is 0.735.